The lowest BCUT2D eigenvalue weighted by Crippen LogP contribution is -2.40. The van der Waals surface area contributed by atoms with Crippen LogP contribution >= 0.6 is 35.0 Å². The molecule has 5 rings (SSSR count). The van der Waals surface area contributed by atoms with Gasteiger partial charge in [0.25, 0.3) is 0 Å². The van der Waals surface area contributed by atoms with Gasteiger partial charge in [-0.3, -0.25) is 0 Å². The fourth-order valence-electron chi connectivity index (χ4n) is 4.40. The van der Waals surface area contributed by atoms with Crippen molar-refractivity contribution in [2.24, 2.45) is 5.92 Å². The summed E-state index contributed by atoms with van der Waals surface area (Å²) in [6, 6.07) is 13.4. The van der Waals surface area contributed by atoms with E-state index in [-0.39, 0.29) is 17.9 Å². The van der Waals surface area contributed by atoms with E-state index in [1.165, 1.54) is 28.2 Å². The predicted molar refractivity (Wildman–Crippen MR) is 153 cm³/mol. The minimum Gasteiger partial charge on any atom is -0.493 e. The van der Waals surface area contributed by atoms with Crippen LogP contribution in [0, 0.1) is 5.92 Å². The van der Waals surface area contributed by atoms with Gasteiger partial charge < -0.3 is 14.2 Å². The monoisotopic (exact) mass is 623 g/mol. The molecule has 0 bridgehead atoms. The number of sulfonamides is 1. The van der Waals surface area contributed by atoms with Crippen LogP contribution in [0.15, 0.2) is 65.8 Å². The number of aromatic nitrogens is 1. The molecule has 40 heavy (non-hydrogen) atoms. The summed E-state index contributed by atoms with van der Waals surface area (Å²) in [5, 5.41) is -0.266. The number of aromatic amines is 1. The van der Waals surface area contributed by atoms with Crippen molar-refractivity contribution < 1.29 is 32.4 Å². The number of esters is 1. The SMILES string of the molecule is COc1ccc(C(Cc2c(Cl)c[nH+]cc2Cl)OC(=O)[C@@H]2SCCN2S(=O)(=O)c2ccccc2)cc1OCC1CC1. The lowest BCUT2D eigenvalue weighted by atomic mass is 10.0. The molecule has 2 atom stereocenters. The van der Waals surface area contributed by atoms with Crippen LogP contribution in [-0.4, -0.2) is 50.1 Å². The van der Waals surface area contributed by atoms with Crippen molar-refractivity contribution >= 4 is 51.0 Å². The molecule has 12 heteroatoms. The molecule has 1 aliphatic carbocycles. The molecule has 2 aliphatic rings. The number of rotatable bonds is 11. The number of halogens is 2. The number of hydrogen-bond donors (Lipinski definition) is 0. The van der Waals surface area contributed by atoms with Crippen LogP contribution in [0.25, 0.3) is 0 Å². The topological polar surface area (TPSA) is 96.3 Å². The summed E-state index contributed by atoms with van der Waals surface area (Å²) in [6.45, 7) is 0.766. The Morgan fingerprint density at radius 3 is 2.50 bits per heavy atom. The fourth-order valence-corrected chi connectivity index (χ4v) is 8.00. The fraction of sp³-hybridized carbons (Fsp3) is 0.357. The molecule has 3 aromatic rings. The molecule has 1 saturated heterocycles. The number of carbonyl (C=O) groups excluding carboxylic acids is 1. The molecular weight excluding hydrogens is 595 g/mol. The van der Waals surface area contributed by atoms with Crippen LogP contribution < -0.4 is 14.5 Å². The van der Waals surface area contributed by atoms with Crippen LogP contribution in [0.5, 0.6) is 11.5 Å². The van der Waals surface area contributed by atoms with E-state index in [0.717, 1.165) is 12.8 Å². The molecule has 1 aromatic heterocycles. The van der Waals surface area contributed by atoms with Crippen molar-refractivity contribution in [1.82, 2.24) is 4.31 Å². The number of methoxy groups -OCH3 is 1. The Kier molecular flexibility index (Phi) is 9.11. The maximum Gasteiger partial charge on any atom is 0.335 e. The van der Waals surface area contributed by atoms with E-state index in [2.05, 4.69) is 4.98 Å². The molecule has 212 valence electrons. The normalized spacial score (nSPS) is 18.3. The van der Waals surface area contributed by atoms with Crippen molar-refractivity contribution in [3.63, 3.8) is 0 Å². The number of nitrogens with one attached hydrogen (secondary N) is 1. The number of pyridine rings is 1. The van der Waals surface area contributed by atoms with Crippen molar-refractivity contribution in [2.75, 3.05) is 26.0 Å². The third kappa shape index (κ3) is 6.52. The van der Waals surface area contributed by atoms with E-state index in [4.69, 9.17) is 37.4 Å². The van der Waals surface area contributed by atoms with Gasteiger partial charge >= 0.3 is 5.97 Å². The molecule has 1 N–H and O–H groups in total. The number of nitrogens with zero attached hydrogens (tertiary/aromatic N) is 1. The van der Waals surface area contributed by atoms with Gasteiger partial charge in [0.1, 0.15) is 16.1 Å². The second-order valence-corrected chi connectivity index (χ2v) is 13.5. The zero-order chi connectivity index (χ0) is 28.3. The molecule has 0 spiro atoms. The molecular formula is C28H29Cl2N2O6S2+. The minimum absolute atomic E-state index is 0.124. The van der Waals surface area contributed by atoms with E-state index in [0.29, 0.717) is 50.9 Å². The first-order valence-corrected chi connectivity index (χ1v) is 16.1. The first-order valence-electron chi connectivity index (χ1n) is 12.8. The van der Waals surface area contributed by atoms with Gasteiger partial charge in [-0.1, -0.05) is 47.5 Å². The van der Waals surface area contributed by atoms with Crippen LogP contribution in [0.1, 0.15) is 30.1 Å². The lowest BCUT2D eigenvalue weighted by molar-refractivity contribution is -0.377. The minimum atomic E-state index is -3.90. The zero-order valence-electron chi connectivity index (χ0n) is 21.7. The maximum atomic E-state index is 13.6. The first-order chi connectivity index (χ1) is 19.3. The van der Waals surface area contributed by atoms with Crippen LogP contribution in [0.4, 0.5) is 0 Å². The molecule has 1 aliphatic heterocycles. The highest BCUT2D eigenvalue weighted by Crippen LogP contribution is 2.38. The van der Waals surface area contributed by atoms with Crippen molar-refractivity contribution in [1.29, 1.82) is 0 Å². The van der Waals surface area contributed by atoms with Gasteiger partial charge in [0.15, 0.2) is 29.3 Å². The van der Waals surface area contributed by atoms with Crippen LogP contribution in [0.3, 0.4) is 0 Å². The lowest BCUT2D eigenvalue weighted by Gasteiger charge is -2.25. The van der Waals surface area contributed by atoms with Gasteiger partial charge in [-0.25, -0.2) is 18.2 Å². The van der Waals surface area contributed by atoms with Crippen molar-refractivity contribution in [2.45, 2.75) is 35.6 Å². The Morgan fingerprint density at radius 2 is 1.82 bits per heavy atom. The average molecular weight is 625 g/mol. The molecule has 2 aromatic carbocycles. The van der Waals surface area contributed by atoms with E-state index >= 15 is 0 Å². The molecule has 8 nitrogen and oxygen atoms in total. The Morgan fingerprint density at radius 1 is 1.10 bits per heavy atom. The molecule has 2 heterocycles. The number of carbonyl (C=O) groups is 1. The van der Waals surface area contributed by atoms with Crippen molar-refractivity contribution in [3.8, 4) is 11.5 Å². The number of thioether (sulfide) groups is 1. The van der Waals surface area contributed by atoms with E-state index in [1.807, 2.05) is 0 Å². The molecule has 0 radical (unpaired) electrons. The zero-order valence-corrected chi connectivity index (χ0v) is 24.9. The Hall–Kier alpha value is -2.50. The van der Waals surface area contributed by atoms with Gasteiger partial charge in [-0.2, -0.15) is 4.31 Å². The number of hydrogen-bond acceptors (Lipinski definition) is 7. The highest BCUT2D eigenvalue weighted by molar-refractivity contribution is 8.02. The third-order valence-corrected chi connectivity index (χ3v) is 10.6. The molecule has 1 unspecified atom stereocenters. The van der Waals surface area contributed by atoms with Crippen LogP contribution in [0.2, 0.25) is 10.0 Å². The van der Waals surface area contributed by atoms with Crippen LogP contribution in [-0.2, 0) is 26.0 Å². The summed E-state index contributed by atoms with van der Waals surface area (Å²) < 4.78 is 45.5. The summed E-state index contributed by atoms with van der Waals surface area (Å²) in [4.78, 5) is 16.6. The van der Waals surface area contributed by atoms with Crippen molar-refractivity contribution in [3.05, 3.63) is 82.1 Å². The summed E-state index contributed by atoms with van der Waals surface area (Å²) in [6.07, 6.45) is 4.79. The predicted octanol–water partition coefficient (Wildman–Crippen LogP) is 5.20. The molecule has 2 fully saturated rings. The van der Waals surface area contributed by atoms with Gasteiger partial charge in [0, 0.05) is 24.3 Å². The van der Waals surface area contributed by atoms with Gasteiger partial charge in [0.2, 0.25) is 10.0 Å². The number of H-pyrrole nitrogens is 1. The van der Waals surface area contributed by atoms with E-state index < -0.39 is 27.5 Å². The quantitative estimate of drug-likeness (QED) is 0.271. The molecule has 0 amide bonds. The second kappa shape index (κ2) is 12.6. The largest absolute Gasteiger partial charge is 0.493 e. The van der Waals surface area contributed by atoms with Gasteiger partial charge in [-0.15, -0.1) is 11.8 Å². The van der Waals surface area contributed by atoms with E-state index in [9.17, 15) is 13.2 Å². The molecule has 1 saturated carbocycles. The van der Waals surface area contributed by atoms with E-state index in [1.54, 1.807) is 55.9 Å². The summed E-state index contributed by atoms with van der Waals surface area (Å²) in [5.41, 5.74) is 1.23. The van der Waals surface area contributed by atoms with Gasteiger partial charge in [0.05, 0.1) is 18.6 Å². The third-order valence-electron chi connectivity index (χ3n) is 6.78. The highest BCUT2D eigenvalue weighted by Gasteiger charge is 2.42. The number of ether oxygens (including phenoxy) is 3. The summed E-state index contributed by atoms with van der Waals surface area (Å²) >= 11 is 14.1. The standard InChI is InChI=1S/C28H28Cl2N2O6S2/c1-36-24-10-9-19(13-26(24)37-17-18-7-8-18)25(14-21-22(29)15-31-16-23(21)30)38-28(33)27-32(11-12-39-27)40(34,35)20-5-3-2-4-6-20/h2-6,9-10,13,15-16,18,25,27H,7-8,11-12,14,17H2,1H3/p+1/t25?,27-/m0/s1. The van der Waals surface area contributed by atoms with Gasteiger partial charge in [-0.05, 0) is 48.6 Å². The Balaban J connectivity index is 1.45. The second-order valence-electron chi connectivity index (χ2n) is 9.58. The maximum absolute atomic E-state index is 13.6. The summed E-state index contributed by atoms with van der Waals surface area (Å²) in [7, 11) is -2.34. The Bertz CT molecular complexity index is 1450. The highest BCUT2D eigenvalue weighted by atomic mass is 35.5. The smallest absolute Gasteiger partial charge is 0.335 e. The Labute approximate surface area is 248 Å². The number of benzene rings is 2. The first kappa shape index (κ1) is 29.0. The average Bonchev–Trinajstić information content (AvgIpc) is 3.65. The summed E-state index contributed by atoms with van der Waals surface area (Å²) in [5.74, 6) is 1.42.